The third-order valence-electron chi connectivity index (χ3n) is 1.19. The molecule has 2 nitrogen and oxygen atoms in total. The molecule has 1 radical (unpaired) electrons. The molecule has 12 heavy (non-hydrogen) atoms. The van der Waals surface area contributed by atoms with Gasteiger partial charge in [-0.05, 0) is 24.3 Å². The molecule has 1 rings (SSSR count). The summed E-state index contributed by atoms with van der Waals surface area (Å²) in [6.45, 7) is 1.48. The summed E-state index contributed by atoms with van der Waals surface area (Å²) in [6, 6.07) is 7.27. The number of rotatable bonds is 1. The first-order valence-corrected chi connectivity index (χ1v) is 3.70. The number of hydrogen-bond acceptors (Lipinski definition) is 2. The number of nitrogens with one attached hydrogen (secondary N) is 1. The van der Waals surface area contributed by atoms with Crippen LogP contribution in [0.3, 0.4) is 0 Å². The number of anilines is 1. The van der Waals surface area contributed by atoms with Crippen molar-refractivity contribution in [2.24, 2.45) is 0 Å². The first-order valence-electron chi connectivity index (χ1n) is 3.25. The molecule has 0 unspecified atom stereocenters. The van der Waals surface area contributed by atoms with Crippen LogP contribution in [0, 0.1) is 0 Å². The van der Waals surface area contributed by atoms with E-state index < -0.39 is 0 Å². The summed E-state index contributed by atoms with van der Waals surface area (Å²) in [4.78, 5) is 11.5. The van der Waals surface area contributed by atoms with E-state index in [0.29, 0.717) is 0 Å². The van der Waals surface area contributed by atoms with Crippen molar-refractivity contribution in [1.29, 1.82) is 0 Å². The molecule has 0 heterocycles. The summed E-state index contributed by atoms with van der Waals surface area (Å²) < 4.78 is 0. The maximum atomic E-state index is 10.6. The Morgan fingerprint density at radius 3 is 2.25 bits per heavy atom. The van der Waals surface area contributed by atoms with Gasteiger partial charge < -0.3 is 5.32 Å². The fraction of sp³-hybridized carbons (Fsp3) is 0.125. The van der Waals surface area contributed by atoms with Crippen molar-refractivity contribution in [1.82, 2.24) is 0 Å². The van der Waals surface area contributed by atoms with Gasteiger partial charge in [0.2, 0.25) is 5.91 Å². The van der Waals surface area contributed by atoms with Gasteiger partial charge in [0.15, 0.2) is 0 Å². The number of carbonyl (C=O) groups is 1. The van der Waals surface area contributed by atoms with E-state index in [1.165, 1.54) is 6.92 Å². The summed E-state index contributed by atoms with van der Waals surface area (Å²) in [5.74, 6) is -0.0584. The zero-order valence-corrected chi connectivity index (χ0v) is 10.1. The van der Waals surface area contributed by atoms with E-state index in [9.17, 15) is 4.79 Å². The largest absolute Gasteiger partial charge is 0.326 e. The van der Waals surface area contributed by atoms with Crippen molar-refractivity contribution < 1.29 is 4.79 Å². The first kappa shape index (κ1) is 12.0. The van der Waals surface area contributed by atoms with Crippen LogP contribution in [0.5, 0.6) is 0 Å². The molecule has 1 aromatic rings. The summed E-state index contributed by atoms with van der Waals surface area (Å²) in [6.07, 6.45) is 0. The van der Waals surface area contributed by atoms with Gasteiger partial charge in [0.05, 0.1) is 0 Å². The van der Waals surface area contributed by atoms with Gasteiger partial charge in [-0.1, -0.05) is 0 Å². The Kier molecular flexibility index (Phi) is 5.66. The number of amides is 1. The molecule has 1 amide bonds. The van der Waals surface area contributed by atoms with Crippen LogP contribution in [0.15, 0.2) is 29.2 Å². The third kappa shape index (κ3) is 4.16. The molecule has 0 fully saturated rings. The predicted molar refractivity (Wildman–Crippen MR) is 53.8 cm³/mol. The van der Waals surface area contributed by atoms with Gasteiger partial charge in [-0.2, -0.15) is 0 Å². The summed E-state index contributed by atoms with van der Waals surface area (Å²) >= 11 is 4.11. The van der Waals surface area contributed by atoms with E-state index in [1.807, 2.05) is 24.3 Å². The Labute approximate surface area is 99.4 Å². The molecule has 0 saturated heterocycles. The Hall–Kier alpha value is 0.0400. The van der Waals surface area contributed by atoms with E-state index in [-0.39, 0.29) is 35.5 Å². The summed E-state index contributed by atoms with van der Waals surface area (Å²) in [5, 5.41) is 2.66. The molecule has 0 aliphatic rings. The Bertz CT molecular complexity index is 260. The molecule has 59 valence electrons. The number of benzene rings is 1. The van der Waals surface area contributed by atoms with Gasteiger partial charge in [-0.15, -0.1) is 12.6 Å². The second-order valence-corrected chi connectivity index (χ2v) is 2.74. The minimum Gasteiger partial charge on any atom is -0.326 e. The zero-order chi connectivity index (χ0) is 8.27. The van der Waals surface area contributed by atoms with Crippen molar-refractivity contribution in [3.63, 3.8) is 0 Å². The van der Waals surface area contributed by atoms with E-state index in [2.05, 4.69) is 17.9 Å². The average molecular weight is 190 g/mol. The van der Waals surface area contributed by atoms with Crippen LogP contribution in [-0.4, -0.2) is 35.5 Å². The predicted octanol–water partition coefficient (Wildman–Crippen LogP) is 1.55. The molecule has 0 spiro atoms. The second-order valence-electron chi connectivity index (χ2n) is 2.23. The minimum atomic E-state index is -0.0584. The van der Waals surface area contributed by atoms with Crippen LogP contribution in [0.1, 0.15) is 6.92 Å². The smallest absolute Gasteiger partial charge is 0.221 e. The summed E-state index contributed by atoms with van der Waals surface area (Å²) in [7, 11) is 0. The van der Waals surface area contributed by atoms with Crippen LogP contribution in [0.4, 0.5) is 5.69 Å². The zero-order valence-electron chi connectivity index (χ0n) is 7.16. The molecular weight excluding hydrogens is 181 g/mol. The van der Waals surface area contributed by atoms with Crippen LogP contribution in [-0.2, 0) is 4.79 Å². The SMILES string of the molecule is CC(=O)Nc1ccc(S)cc1.[Na]. The molecule has 1 N–H and O–H groups in total. The fourth-order valence-corrected chi connectivity index (χ4v) is 0.897. The number of carbonyl (C=O) groups excluding carboxylic acids is 1. The van der Waals surface area contributed by atoms with E-state index in [0.717, 1.165) is 10.6 Å². The standard InChI is InChI=1S/C8H9NOS.Na/c1-6(10)9-7-2-4-8(11)5-3-7;/h2-5,11H,1H3,(H,9,10);. The molecule has 0 aromatic heterocycles. The van der Waals surface area contributed by atoms with Crippen LogP contribution in [0.2, 0.25) is 0 Å². The fourth-order valence-electron chi connectivity index (χ4n) is 0.748. The first-order chi connectivity index (χ1) is 5.18. The summed E-state index contributed by atoms with van der Waals surface area (Å²) in [5.41, 5.74) is 0.801. The monoisotopic (exact) mass is 190 g/mol. The molecule has 4 heteroatoms. The maximum Gasteiger partial charge on any atom is 0.221 e. The van der Waals surface area contributed by atoms with Gasteiger partial charge in [0, 0.05) is 47.1 Å². The van der Waals surface area contributed by atoms with Crippen LogP contribution in [0.25, 0.3) is 0 Å². The molecule has 0 saturated carbocycles. The van der Waals surface area contributed by atoms with Crippen LogP contribution < -0.4 is 5.32 Å². The third-order valence-corrected chi connectivity index (χ3v) is 1.49. The van der Waals surface area contributed by atoms with Crippen molar-refractivity contribution in [2.45, 2.75) is 11.8 Å². The Morgan fingerprint density at radius 1 is 1.33 bits per heavy atom. The molecule has 0 aliphatic heterocycles. The molecule has 0 bridgehead atoms. The van der Waals surface area contributed by atoms with Gasteiger partial charge in [0.1, 0.15) is 0 Å². The van der Waals surface area contributed by atoms with E-state index in [4.69, 9.17) is 0 Å². The van der Waals surface area contributed by atoms with Gasteiger partial charge in [0.25, 0.3) is 0 Å². The van der Waals surface area contributed by atoms with Crippen LogP contribution >= 0.6 is 12.6 Å². The quantitative estimate of drug-likeness (QED) is 0.510. The van der Waals surface area contributed by atoms with Crippen molar-refractivity contribution >= 4 is 53.8 Å². The molecule has 0 aliphatic carbocycles. The topological polar surface area (TPSA) is 29.1 Å². The molecule has 1 aromatic carbocycles. The van der Waals surface area contributed by atoms with Gasteiger partial charge in [-0.25, -0.2) is 0 Å². The average Bonchev–Trinajstić information content (AvgIpc) is 1.93. The normalized spacial score (nSPS) is 8.50. The molecule has 0 atom stereocenters. The minimum absolute atomic E-state index is 0. The second kappa shape index (κ2) is 5.65. The van der Waals surface area contributed by atoms with Crippen molar-refractivity contribution in [3.8, 4) is 0 Å². The maximum absolute atomic E-state index is 10.6. The Morgan fingerprint density at radius 2 is 1.83 bits per heavy atom. The Balaban J connectivity index is 0.00000121. The van der Waals surface area contributed by atoms with Crippen molar-refractivity contribution in [2.75, 3.05) is 5.32 Å². The van der Waals surface area contributed by atoms with Crippen molar-refractivity contribution in [3.05, 3.63) is 24.3 Å². The molecular formula is C8H9NNaOS. The van der Waals surface area contributed by atoms with E-state index >= 15 is 0 Å². The van der Waals surface area contributed by atoms with Gasteiger partial charge >= 0.3 is 0 Å². The number of thiol groups is 1. The van der Waals surface area contributed by atoms with E-state index in [1.54, 1.807) is 0 Å². The van der Waals surface area contributed by atoms with Gasteiger partial charge in [-0.3, -0.25) is 4.79 Å². The number of hydrogen-bond donors (Lipinski definition) is 2.